The van der Waals surface area contributed by atoms with Crippen LogP contribution in [-0.4, -0.2) is 11.0 Å². The van der Waals surface area contributed by atoms with Gasteiger partial charge >= 0.3 is 0 Å². The smallest absolute Gasteiger partial charge is 0.189 e. The van der Waals surface area contributed by atoms with Crippen molar-refractivity contribution in [3.05, 3.63) is 35.4 Å². The molecular weight excluding hydrogens is 159 g/mol. The second kappa shape index (κ2) is 2.24. The van der Waals surface area contributed by atoms with Gasteiger partial charge in [-0.15, -0.1) is 0 Å². The van der Waals surface area contributed by atoms with Crippen LogP contribution in [0.1, 0.15) is 20.7 Å². The molecule has 1 aliphatic rings. The normalized spacial score (nSPS) is 15.3. The zero-order valence-electron chi connectivity index (χ0n) is 5.63. The lowest BCUT2D eigenvalue weighted by Crippen LogP contribution is -1.87. The van der Waals surface area contributed by atoms with E-state index in [1.807, 2.05) is 0 Å². The van der Waals surface area contributed by atoms with Crippen molar-refractivity contribution in [2.24, 2.45) is 0 Å². The summed E-state index contributed by atoms with van der Waals surface area (Å²) in [5.74, 6) is 0. The molecule has 0 aromatic heterocycles. The molecule has 1 aromatic rings. The predicted molar refractivity (Wildman–Crippen MR) is 43.4 cm³/mol. The van der Waals surface area contributed by atoms with Crippen molar-refractivity contribution < 1.29 is 9.59 Å². The number of rotatable bonds is 0. The highest BCUT2D eigenvalue weighted by molar-refractivity contribution is 7.76. The Balaban J connectivity index is 2.69. The maximum Gasteiger partial charge on any atom is 0.189 e. The largest absolute Gasteiger partial charge is 0.289 e. The fourth-order valence-electron chi connectivity index (χ4n) is 1.12. The second-order valence-electron chi connectivity index (χ2n) is 2.33. The van der Waals surface area contributed by atoms with Gasteiger partial charge in [0, 0.05) is 19.7 Å². The maximum atomic E-state index is 11.1. The quantitative estimate of drug-likeness (QED) is 0.546. The van der Waals surface area contributed by atoms with E-state index in [0.717, 1.165) is 0 Å². The summed E-state index contributed by atoms with van der Waals surface area (Å²) in [6, 6.07) is 6.96. The van der Waals surface area contributed by atoms with Gasteiger partial charge in [0.2, 0.25) is 0 Å². The summed E-state index contributed by atoms with van der Waals surface area (Å²) >= 11 is 0. The predicted octanol–water partition coefficient (Wildman–Crippen LogP) is 1.66. The van der Waals surface area contributed by atoms with Crippen LogP contribution in [0, 0.1) is 0 Å². The molecule has 0 saturated carbocycles. The first kappa shape index (κ1) is 6.68. The van der Waals surface area contributed by atoms with Gasteiger partial charge < -0.3 is 0 Å². The van der Waals surface area contributed by atoms with E-state index in [1.165, 1.54) is 0 Å². The van der Waals surface area contributed by atoms with Gasteiger partial charge in [0.05, 0.1) is 0 Å². The van der Waals surface area contributed by atoms with Crippen molar-refractivity contribution in [2.45, 2.75) is 0 Å². The Labute approximate surface area is 65.4 Å². The molecule has 1 heterocycles. The fraction of sp³-hybridized carbons (Fsp3) is 0. The van der Waals surface area contributed by atoms with Gasteiger partial charge in [-0.3, -0.25) is 9.59 Å². The van der Waals surface area contributed by atoms with Gasteiger partial charge in [-0.1, -0.05) is 24.3 Å². The lowest BCUT2D eigenvalue weighted by atomic mass is 10.1. The van der Waals surface area contributed by atoms with Crippen LogP contribution in [0.25, 0.3) is 0 Å². The number of benzene rings is 1. The SMILES string of the molecule is O=C1PC(=O)c2ccccc21. The first-order valence-electron chi connectivity index (χ1n) is 3.24. The van der Waals surface area contributed by atoms with Crippen molar-refractivity contribution in [3.63, 3.8) is 0 Å². The monoisotopic (exact) mass is 164 g/mol. The average Bonchev–Trinajstić information content (AvgIpc) is 2.30. The Morgan fingerprint density at radius 1 is 0.909 bits per heavy atom. The minimum atomic E-state index is -0.184. The number of hydrogen-bond acceptors (Lipinski definition) is 2. The molecule has 0 unspecified atom stereocenters. The molecule has 1 aliphatic heterocycles. The van der Waals surface area contributed by atoms with E-state index in [0.29, 0.717) is 11.1 Å². The summed E-state index contributed by atoms with van der Waals surface area (Å²) in [4.78, 5) is 22.1. The van der Waals surface area contributed by atoms with E-state index in [2.05, 4.69) is 0 Å². The highest BCUT2D eigenvalue weighted by Gasteiger charge is 2.25. The fourth-order valence-corrected chi connectivity index (χ4v) is 2.03. The van der Waals surface area contributed by atoms with E-state index >= 15 is 0 Å². The van der Waals surface area contributed by atoms with Crippen LogP contribution >= 0.6 is 8.58 Å². The molecule has 54 valence electrons. The second-order valence-corrected chi connectivity index (χ2v) is 3.49. The molecule has 3 heteroatoms. The molecule has 0 aliphatic carbocycles. The molecule has 0 fully saturated rings. The summed E-state index contributed by atoms with van der Waals surface area (Å²) in [5.41, 5.74) is 1.14. The summed E-state index contributed by atoms with van der Waals surface area (Å²) in [7, 11) is -0.184. The maximum absolute atomic E-state index is 11.1. The van der Waals surface area contributed by atoms with Crippen LogP contribution in [-0.2, 0) is 0 Å². The minimum absolute atomic E-state index is 0.0226. The third-order valence-electron chi connectivity index (χ3n) is 1.64. The van der Waals surface area contributed by atoms with Crippen LogP contribution in [0.2, 0.25) is 0 Å². The Hall–Kier alpha value is -1.01. The molecule has 0 saturated heterocycles. The lowest BCUT2D eigenvalue weighted by Gasteiger charge is -1.90. The van der Waals surface area contributed by atoms with E-state index in [9.17, 15) is 9.59 Å². The van der Waals surface area contributed by atoms with Crippen molar-refractivity contribution in [1.82, 2.24) is 0 Å². The molecule has 0 spiro atoms. The number of hydrogen-bond donors (Lipinski definition) is 0. The Kier molecular flexibility index (Phi) is 1.36. The van der Waals surface area contributed by atoms with Gasteiger partial charge in [0.15, 0.2) is 11.0 Å². The molecule has 1 aromatic carbocycles. The zero-order chi connectivity index (χ0) is 7.84. The Morgan fingerprint density at radius 3 is 1.82 bits per heavy atom. The van der Waals surface area contributed by atoms with Crippen LogP contribution in [0.15, 0.2) is 24.3 Å². The van der Waals surface area contributed by atoms with Crippen molar-refractivity contribution in [2.75, 3.05) is 0 Å². The van der Waals surface area contributed by atoms with Gasteiger partial charge in [0.25, 0.3) is 0 Å². The Bertz CT molecular complexity index is 311. The lowest BCUT2D eigenvalue weighted by molar-refractivity contribution is 0.108. The Morgan fingerprint density at radius 2 is 1.36 bits per heavy atom. The van der Waals surface area contributed by atoms with Gasteiger partial charge in [-0.05, 0) is 0 Å². The molecule has 2 nitrogen and oxygen atoms in total. The van der Waals surface area contributed by atoms with Crippen LogP contribution in [0.4, 0.5) is 0 Å². The van der Waals surface area contributed by atoms with E-state index < -0.39 is 0 Å². The average molecular weight is 164 g/mol. The molecule has 0 atom stereocenters. The van der Waals surface area contributed by atoms with Gasteiger partial charge in [0.1, 0.15) is 0 Å². The third-order valence-corrected chi connectivity index (χ3v) is 2.64. The van der Waals surface area contributed by atoms with Crippen LogP contribution in [0.3, 0.4) is 0 Å². The molecule has 0 bridgehead atoms. The first-order chi connectivity index (χ1) is 5.29. The molecule has 2 rings (SSSR count). The summed E-state index contributed by atoms with van der Waals surface area (Å²) < 4.78 is 0. The minimum Gasteiger partial charge on any atom is -0.289 e. The van der Waals surface area contributed by atoms with Crippen molar-refractivity contribution in [3.8, 4) is 0 Å². The van der Waals surface area contributed by atoms with Crippen LogP contribution < -0.4 is 0 Å². The summed E-state index contributed by atoms with van der Waals surface area (Å²) in [6.45, 7) is 0. The third kappa shape index (κ3) is 0.908. The highest BCUT2D eigenvalue weighted by atomic mass is 31.1. The molecule has 0 radical (unpaired) electrons. The van der Waals surface area contributed by atoms with E-state index in [-0.39, 0.29) is 19.6 Å². The zero-order valence-corrected chi connectivity index (χ0v) is 6.63. The molecular formula is C8H5O2P. The summed E-state index contributed by atoms with van der Waals surface area (Å²) in [5, 5.41) is 0. The topological polar surface area (TPSA) is 34.1 Å². The number of carbonyl (C=O) groups is 2. The number of fused-ring (bicyclic) bond motifs is 1. The standard InChI is InChI=1S/C8H5O2P/c9-7-5-3-1-2-4-6(5)8(10)11-7/h1-4,11H. The van der Waals surface area contributed by atoms with Gasteiger partial charge in [-0.2, -0.15) is 0 Å². The molecule has 0 amide bonds. The van der Waals surface area contributed by atoms with E-state index in [1.54, 1.807) is 24.3 Å². The number of carbonyl (C=O) groups excluding carboxylic acids is 2. The van der Waals surface area contributed by atoms with E-state index in [4.69, 9.17) is 0 Å². The van der Waals surface area contributed by atoms with Crippen molar-refractivity contribution >= 4 is 19.6 Å². The molecule has 11 heavy (non-hydrogen) atoms. The first-order valence-corrected chi connectivity index (χ1v) is 4.24. The van der Waals surface area contributed by atoms with Gasteiger partial charge in [-0.25, -0.2) is 0 Å². The highest BCUT2D eigenvalue weighted by Crippen LogP contribution is 2.33. The van der Waals surface area contributed by atoms with Crippen molar-refractivity contribution in [1.29, 1.82) is 0 Å². The summed E-state index contributed by atoms with van der Waals surface area (Å²) in [6.07, 6.45) is 0. The van der Waals surface area contributed by atoms with Crippen LogP contribution in [0.5, 0.6) is 0 Å². The molecule has 0 N–H and O–H groups in total.